The van der Waals surface area contributed by atoms with Crippen molar-refractivity contribution in [2.45, 2.75) is 20.4 Å². The molecule has 3 rings (SSSR count). The summed E-state index contributed by atoms with van der Waals surface area (Å²) in [5.74, 6) is -0.437. The van der Waals surface area contributed by atoms with E-state index in [-0.39, 0.29) is 11.1 Å². The molecule has 0 spiro atoms. The fraction of sp³-hybridized carbons (Fsp3) is 0.167. The van der Waals surface area contributed by atoms with Gasteiger partial charge in [0.1, 0.15) is 5.56 Å². The molecule has 3 aromatic rings. The zero-order valence-electron chi connectivity index (χ0n) is 13.4. The monoisotopic (exact) mass is 339 g/mol. The third-order valence-corrected chi connectivity index (χ3v) is 4.42. The molecule has 122 valence electrons. The second-order valence-electron chi connectivity index (χ2n) is 5.59. The lowest BCUT2D eigenvalue weighted by atomic mass is 10.1. The molecule has 0 aliphatic rings. The highest BCUT2D eigenvalue weighted by atomic mass is 32.1. The number of anilines is 1. The molecule has 0 aliphatic heterocycles. The predicted molar refractivity (Wildman–Crippen MR) is 95.8 cm³/mol. The smallest absolute Gasteiger partial charge is 0.263 e. The number of benzene rings is 1. The Morgan fingerprint density at radius 1 is 1.25 bits per heavy atom. The van der Waals surface area contributed by atoms with Crippen LogP contribution in [0.15, 0.2) is 52.8 Å². The fourth-order valence-corrected chi connectivity index (χ4v) is 3.10. The number of nitrogens with zero attached hydrogens (tertiary/aromatic N) is 2. The molecule has 6 heteroatoms. The van der Waals surface area contributed by atoms with E-state index in [2.05, 4.69) is 10.3 Å². The fourth-order valence-electron chi connectivity index (χ4n) is 2.42. The van der Waals surface area contributed by atoms with Gasteiger partial charge in [-0.1, -0.05) is 29.8 Å². The zero-order valence-corrected chi connectivity index (χ0v) is 14.3. The summed E-state index contributed by atoms with van der Waals surface area (Å²) in [4.78, 5) is 29.1. The number of nitrogens with one attached hydrogen (secondary N) is 1. The van der Waals surface area contributed by atoms with E-state index in [1.54, 1.807) is 12.3 Å². The first-order chi connectivity index (χ1) is 11.5. The predicted octanol–water partition coefficient (Wildman–Crippen LogP) is 3.22. The maximum absolute atomic E-state index is 12.6. The van der Waals surface area contributed by atoms with E-state index in [4.69, 9.17) is 0 Å². The van der Waals surface area contributed by atoms with Crippen molar-refractivity contribution in [1.82, 2.24) is 9.55 Å². The Bertz CT molecular complexity index is 943. The van der Waals surface area contributed by atoms with Crippen molar-refractivity contribution >= 4 is 22.4 Å². The third kappa shape index (κ3) is 3.60. The molecule has 0 saturated heterocycles. The van der Waals surface area contributed by atoms with Gasteiger partial charge in [0.15, 0.2) is 5.13 Å². The van der Waals surface area contributed by atoms with Gasteiger partial charge < -0.3 is 4.57 Å². The molecule has 1 amide bonds. The summed E-state index contributed by atoms with van der Waals surface area (Å²) in [7, 11) is 0. The van der Waals surface area contributed by atoms with E-state index >= 15 is 0 Å². The molecule has 2 aromatic heterocycles. The normalized spacial score (nSPS) is 10.6. The zero-order chi connectivity index (χ0) is 17.1. The molecule has 24 heavy (non-hydrogen) atoms. The quantitative estimate of drug-likeness (QED) is 0.794. The molecule has 0 unspecified atom stereocenters. The summed E-state index contributed by atoms with van der Waals surface area (Å²) >= 11 is 1.33. The van der Waals surface area contributed by atoms with Gasteiger partial charge in [-0.15, -0.1) is 11.3 Å². The number of rotatable bonds is 4. The lowest BCUT2D eigenvalue weighted by Gasteiger charge is -2.08. The van der Waals surface area contributed by atoms with Gasteiger partial charge in [-0.2, -0.15) is 0 Å². The summed E-state index contributed by atoms with van der Waals surface area (Å²) in [6.45, 7) is 4.29. The van der Waals surface area contributed by atoms with Crippen LogP contribution in [0.25, 0.3) is 0 Å². The van der Waals surface area contributed by atoms with Crippen molar-refractivity contribution < 1.29 is 4.79 Å². The second-order valence-corrected chi connectivity index (χ2v) is 6.45. The summed E-state index contributed by atoms with van der Waals surface area (Å²) in [6, 6.07) is 11.2. The molecule has 0 atom stereocenters. The second kappa shape index (κ2) is 6.80. The third-order valence-electron chi connectivity index (χ3n) is 3.54. The first kappa shape index (κ1) is 16.1. The Balaban J connectivity index is 1.85. The molecular weight excluding hydrogens is 322 g/mol. The Kier molecular flexibility index (Phi) is 4.57. The van der Waals surface area contributed by atoms with Crippen LogP contribution in [0, 0.1) is 13.8 Å². The van der Waals surface area contributed by atoms with Gasteiger partial charge in [0.25, 0.3) is 11.5 Å². The largest absolute Gasteiger partial charge is 0.310 e. The van der Waals surface area contributed by atoms with E-state index in [1.165, 1.54) is 22.0 Å². The van der Waals surface area contributed by atoms with Crippen LogP contribution in [-0.4, -0.2) is 15.5 Å². The summed E-state index contributed by atoms with van der Waals surface area (Å²) < 4.78 is 1.54. The van der Waals surface area contributed by atoms with Crippen LogP contribution < -0.4 is 10.9 Å². The van der Waals surface area contributed by atoms with Crippen LogP contribution in [0.1, 0.15) is 27.2 Å². The number of aryl methyl sites for hydroxylation is 2. The molecule has 0 saturated carbocycles. The summed E-state index contributed by atoms with van der Waals surface area (Å²) in [5, 5.41) is 5.01. The van der Waals surface area contributed by atoms with Gasteiger partial charge in [0, 0.05) is 11.6 Å². The van der Waals surface area contributed by atoms with E-state index < -0.39 is 5.91 Å². The SMILES string of the molecule is Cc1cccc(Cn2cccc(C(=O)Nc3nc(C)cs3)c2=O)c1. The average Bonchev–Trinajstić information content (AvgIpc) is 2.94. The Morgan fingerprint density at radius 3 is 2.79 bits per heavy atom. The Labute approximate surface area is 143 Å². The first-order valence-electron chi connectivity index (χ1n) is 7.51. The minimum Gasteiger partial charge on any atom is -0.310 e. The summed E-state index contributed by atoms with van der Waals surface area (Å²) in [5.41, 5.74) is 2.78. The maximum atomic E-state index is 12.6. The minimum atomic E-state index is -0.437. The van der Waals surface area contributed by atoms with Crippen LogP contribution in [0.3, 0.4) is 0 Å². The van der Waals surface area contributed by atoms with Crippen LogP contribution in [0.2, 0.25) is 0 Å². The Hall–Kier alpha value is -2.73. The van der Waals surface area contributed by atoms with Crippen molar-refractivity contribution in [2.75, 3.05) is 5.32 Å². The van der Waals surface area contributed by atoms with Crippen molar-refractivity contribution in [2.24, 2.45) is 0 Å². The molecule has 1 N–H and O–H groups in total. The molecule has 5 nitrogen and oxygen atoms in total. The number of carbonyl (C=O) groups is 1. The number of aromatic nitrogens is 2. The Morgan fingerprint density at radius 2 is 2.08 bits per heavy atom. The highest BCUT2D eigenvalue weighted by Crippen LogP contribution is 2.15. The van der Waals surface area contributed by atoms with E-state index in [0.717, 1.165) is 16.8 Å². The van der Waals surface area contributed by atoms with Crippen molar-refractivity contribution in [3.05, 3.63) is 80.7 Å². The molecule has 0 radical (unpaired) electrons. The number of thiazole rings is 1. The lowest BCUT2D eigenvalue weighted by molar-refractivity contribution is 0.102. The maximum Gasteiger partial charge on any atom is 0.263 e. The van der Waals surface area contributed by atoms with Gasteiger partial charge in [0.05, 0.1) is 12.2 Å². The van der Waals surface area contributed by atoms with Crippen LogP contribution >= 0.6 is 11.3 Å². The van der Waals surface area contributed by atoms with Gasteiger partial charge >= 0.3 is 0 Å². The first-order valence-corrected chi connectivity index (χ1v) is 8.39. The minimum absolute atomic E-state index is 0.109. The van der Waals surface area contributed by atoms with E-state index in [9.17, 15) is 9.59 Å². The molecule has 0 aliphatic carbocycles. The molecular formula is C18H17N3O2S. The van der Waals surface area contributed by atoms with Crippen molar-refractivity contribution in [1.29, 1.82) is 0 Å². The number of carbonyl (C=O) groups excluding carboxylic acids is 1. The average molecular weight is 339 g/mol. The van der Waals surface area contributed by atoms with Crippen LogP contribution in [0.4, 0.5) is 5.13 Å². The topological polar surface area (TPSA) is 64.0 Å². The highest BCUT2D eigenvalue weighted by molar-refractivity contribution is 7.13. The van der Waals surface area contributed by atoms with Gasteiger partial charge in [-0.3, -0.25) is 14.9 Å². The number of pyridine rings is 1. The molecule has 0 fully saturated rings. The number of amides is 1. The van der Waals surface area contributed by atoms with Crippen molar-refractivity contribution in [3.8, 4) is 0 Å². The number of hydrogen-bond donors (Lipinski definition) is 1. The van der Waals surface area contributed by atoms with Crippen LogP contribution in [-0.2, 0) is 6.54 Å². The van der Waals surface area contributed by atoms with Gasteiger partial charge in [-0.05, 0) is 31.5 Å². The molecule has 1 aromatic carbocycles. The van der Waals surface area contributed by atoms with E-state index in [0.29, 0.717) is 11.7 Å². The molecule has 2 heterocycles. The lowest BCUT2D eigenvalue weighted by Crippen LogP contribution is -2.29. The number of hydrogen-bond acceptors (Lipinski definition) is 4. The molecule has 0 bridgehead atoms. The van der Waals surface area contributed by atoms with Gasteiger partial charge in [0.2, 0.25) is 0 Å². The van der Waals surface area contributed by atoms with Crippen molar-refractivity contribution in [3.63, 3.8) is 0 Å². The highest BCUT2D eigenvalue weighted by Gasteiger charge is 2.14. The van der Waals surface area contributed by atoms with E-state index in [1.807, 2.05) is 43.5 Å². The summed E-state index contributed by atoms with van der Waals surface area (Å²) in [6.07, 6.45) is 1.69. The standard InChI is InChI=1S/C18H17N3O2S/c1-12-5-3-6-14(9-12)10-21-8-4-7-15(17(21)23)16(22)20-18-19-13(2)11-24-18/h3-9,11H,10H2,1-2H3,(H,19,20,22). The van der Waals surface area contributed by atoms with Gasteiger partial charge in [-0.25, -0.2) is 4.98 Å². The van der Waals surface area contributed by atoms with Crippen LogP contribution in [0.5, 0.6) is 0 Å².